The molecule has 2 heterocycles. The summed E-state index contributed by atoms with van der Waals surface area (Å²) in [6.07, 6.45) is 1.60. The van der Waals surface area contributed by atoms with Crippen LogP contribution >= 0.6 is 11.3 Å². The van der Waals surface area contributed by atoms with Crippen molar-refractivity contribution in [2.45, 2.75) is 13.5 Å². The fraction of sp³-hybridized carbons (Fsp3) is 0.308. The van der Waals surface area contributed by atoms with E-state index in [-0.39, 0.29) is 17.9 Å². The van der Waals surface area contributed by atoms with Gasteiger partial charge in [-0.05, 0) is 18.4 Å². The zero-order valence-electron chi connectivity index (χ0n) is 10.9. The maximum absolute atomic E-state index is 11.9. The first-order chi connectivity index (χ1) is 9.11. The van der Waals surface area contributed by atoms with Crippen molar-refractivity contribution in [3.05, 3.63) is 45.0 Å². The Morgan fingerprint density at radius 3 is 2.89 bits per heavy atom. The van der Waals surface area contributed by atoms with Crippen molar-refractivity contribution < 1.29 is 4.79 Å². The van der Waals surface area contributed by atoms with Crippen LogP contribution in [0.25, 0.3) is 0 Å². The van der Waals surface area contributed by atoms with Gasteiger partial charge in [0.2, 0.25) is 0 Å². The number of aromatic nitrogens is 2. The van der Waals surface area contributed by atoms with Gasteiger partial charge in [-0.15, -0.1) is 11.3 Å². The van der Waals surface area contributed by atoms with Gasteiger partial charge in [0.25, 0.3) is 5.56 Å². The van der Waals surface area contributed by atoms with Crippen molar-refractivity contribution >= 4 is 22.8 Å². The minimum absolute atomic E-state index is 0.0184. The lowest BCUT2D eigenvalue weighted by Crippen LogP contribution is -2.28. The van der Waals surface area contributed by atoms with Crippen LogP contribution in [-0.2, 0) is 6.54 Å². The van der Waals surface area contributed by atoms with Crippen molar-refractivity contribution in [1.82, 2.24) is 9.78 Å². The molecule has 0 radical (unpaired) electrons. The van der Waals surface area contributed by atoms with E-state index in [1.54, 1.807) is 12.3 Å². The van der Waals surface area contributed by atoms with E-state index >= 15 is 0 Å². The lowest BCUT2D eigenvalue weighted by atomic mass is 10.3. The molecule has 0 saturated heterocycles. The average molecular weight is 277 g/mol. The third-order valence-corrected chi connectivity index (χ3v) is 3.77. The van der Waals surface area contributed by atoms with Crippen molar-refractivity contribution in [3.63, 3.8) is 0 Å². The largest absolute Gasteiger partial charge is 0.373 e. The molecule has 0 spiro atoms. The number of carbonyl (C=O) groups is 1. The number of hydrogen-bond acceptors (Lipinski definition) is 5. The predicted octanol–water partition coefficient (Wildman–Crippen LogP) is 1.64. The molecular formula is C13H15N3O2S. The van der Waals surface area contributed by atoms with Crippen LogP contribution in [0.5, 0.6) is 0 Å². The average Bonchev–Trinajstić information content (AvgIpc) is 2.94. The molecule has 100 valence electrons. The molecule has 0 atom stereocenters. The Kier molecular flexibility index (Phi) is 4.11. The standard InChI is InChI=1S/C13H15N3O2S/c1-3-15(2)10-7-13(18)16(14-8-10)9-11(17)12-5-4-6-19-12/h4-8H,3,9H2,1-2H3. The van der Waals surface area contributed by atoms with E-state index in [1.807, 2.05) is 30.3 Å². The lowest BCUT2D eigenvalue weighted by Gasteiger charge is -2.16. The van der Waals surface area contributed by atoms with E-state index in [0.29, 0.717) is 4.88 Å². The van der Waals surface area contributed by atoms with Gasteiger partial charge in [-0.25, -0.2) is 4.68 Å². The molecule has 0 amide bonds. The molecule has 0 fully saturated rings. The van der Waals surface area contributed by atoms with Gasteiger partial charge in [0.05, 0.1) is 16.8 Å². The summed E-state index contributed by atoms with van der Waals surface area (Å²) in [6.45, 7) is 2.76. The summed E-state index contributed by atoms with van der Waals surface area (Å²) in [7, 11) is 1.89. The Morgan fingerprint density at radius 1 is 1.53 bits per heavy atom. The number of ketones is 1. The topological polar surface area (TPSA) is 55.2 Å². The highest BCUT2D eigenvalue weighted by Gasteiger charge is 2.10. The predicted molar refractivity (Wildman–Crippen MR) is 76.1 cm³/mol. The second-order valence-corrected chi connectivity index (χ2v) is 5.07. The van der Waals surface area contributed by atoms with E-state index in [9.17, 15) is 9.59 Å². The number of nitrogens with zero attached hydrogens (tertiary/aromatic N) is 3. The molecule has 0 saturated carbocycles. The number of rotatable bonds is 5. The van der Waals surface area contributed by atoms with Gasteiger partial charge in [-0.3, -0.25) is 9.59 Å². The minimum Gasteiger partial charge on any atom is -0.373 e. The maximum Gasteiger partial charge on any atom is 0.269 e. The Hall–Kier alpha value is -1.95. The summed E-state index contributed by atoms with van der Waals surface area (Å²) in [6, 6.07) is 5.06. The molecule has 0 aliphatic rings. The van der Waals surface area contributed by atoms with Crippen molar-refractivity contribution in [2.24, 2.45) is 0 Å². The highest BCUT2D eigenvalue weighted by Crippen LogP contribution is 2.10. The van der Waals surface area contributed by atoms with Crippen LogP contribution < -0.4 is 10.5 Å². The van der Waals surface area contributed by atoms with Crippen LogP contribution in [0.4, 0.5) is 5.69 Å². The Labute approximate surface area is 115 Å². The third kappa shape index (κ3) is 3.08. The monoisotopic (exact) mass is 277 g/mol. The fourth-order valence-corrected chi connectivity index (χ4v) is 2.24. The zero-order chi connectivity index (χ0) is 13.8. The van der Waals surface area contributed by atoms with E-state index in [4.69, 9.17) is 0 Å². The molecule has 0 N–H and O–H groups in total. The number of thiophene rings is 1. The number of carbonyl (C=O) groups excluding carboxylic acids is 1. The normalized spacial score (nSPS) is 10.4. The summed E-state index contributed by atoms with van der Waals surface area (Å²) in [5.74, 6) is -0.0961. The highest BCUT2D eigenvalue weighted by atomic mass is 32.1. The quantitative estimate of drug-likeness (QED) is 0.780. The van der Waals surface area contributed by atoms with Gasteiger partial charge in [0, 0.05) is 19.7 Å². The number of anilines is 1. The second kappa shape index (κ2) is 5.79. The van der Waals surface area contributed by atoms with Gasteiger partial charge in [-0.2, -0.15) is 5.10 Å². The molecule has 2 rings (SSSR count). The first-order valence-electron chi connectivity index (χ1n) is 5.97. The molecule has 19 heavy (non-hydrogen) atoms. The molecule has 6 heteroatoms. The van der Waals surface area contributed by atoms with E-state index in [0.717, 1.165) is 12.2 Å². The SMILES string of the molecule is CCN(C)c1cnn(CC(=O)c2cccs2)c(=O)c1. The van der Waals surface area contributed by atoms with Gasteiger partial charge in [0.1, 0.15) is 6.54 Å². The van der Waals surface area contributed by atoms with E-state index in [2.05, 4.69) is 5.10 Å². The Morgan fingerprint density at radius 2 is 2.32 bits per heavy atom. The molecule has 2 aromatic heterocycles. The Bertz CT molecular complexity index is 619. The molecule has 2 aromatic rings. The van der Waals surface area contributed by atoms with Crippen molar-refractivity contribution in [2.75, 3.05) is 18.5 Å². The number of hydrogen-bond donors (Lipinski definition) is 0. The van der Waals surface area contributed by atoms with Gasteiger partial charge < -0.3 is 4.90 Å². The number of Topliss-reactive ketones (excluding diaryl/α,β-unsaturated/α-hetero) is 1. The summed E-state index contributed by atoms with van der Waals surface area (Å²) in [4.78, 5) is 26.4. The van der Waals surface area contributed by atoms with Crippen LogP contribution in [0.2, 0.25) is 0 Å². The van der Waals surface area contributed by atoms with Crippen molar-refractivity contribution in [3.8, 4) is 0 Å². The molecule has 0 unspecified atom stereocenters. The van der Waals surface area contributed by atoms with E-state index < -0.39 is 0 Å². The van der Waals surface area contributed by atoms with Crippen LogP contribution in [-0.4, -0.2) is 29.2 Å². The van der Waals surface area contributed by atoms with Crippen LogP contribution in [0.15, 0.2) is 34.6 Å². The molecule has 0 aromatic carbocycles. The first-order valence-corrected chi connectivity index (χ1v) is 6.84. The third-order valence-electron chi connectivity index (χ3n) is 2.86. The van der Waals surface area contributed by atoms with Crippen LogP contribution in [0, 0.1) is 0 Å². The zero-order valence-corrected chi connectivity index (χ0v) is 11.7. The summed E-state index contributed by atoms with van der Waals surface area (Å²) < 4.78 is 1.19. The maximum atomic E-state index is 11.9. The van der Waals surface area contributed by atoms with Gasteiger partial charge in [0.15, 0.2) is 5.78 Å². The fourth-order valence-electron chi connectivity index (χ4n) is 1.59. The summed E-state index contributed by atoms with van der Waals surface area (Å²) in [5, 5.41) is 5.88. The van der Waals surface area contributed by atoms with Crippen LogP contribution in [0.3, 0.4) is 0 Å². The Balaban J connectivity index is 2.18. The molecule has 0 bridgehead atoms. The summed E-state index contributed by atoms with van der Waals surface area (Å²) in [5.41, 5.74) is 0.495. The lowest BCUT2D eigenvalue weighted by molar-refractivity contribution is 0.0969. The molecular weight excluding hydrogens is 262 g/mol. The minimum atomic E-state index is -0.261. The molecule has 0 aliphatic heterocycles. The van der Waals surface area contributed by atoms with Gasteiger partial charge >= 0.3 is 0 Å². The van der Waals surface area contributed by atoms with E-state index in [1.165, 1.54) is 22.1 Å². The first kappa shape index (κ1) is 13.5. The smallest absolute Gasteiger partial charge is 0.269 e. The highest BCUT2D eigenvalue weighted by molar-refractivity contribution is 7.12. The van der Waals surface area contributed by atoms with Gasteiger partial charge in [-0.1, -0.05) is 6.07 Å². The molecule has 0 aliphatic carbocycles. The molecule has 5 nitrogen and oxygen atoms in total. The second-order valence-electron chi connectivity index (χ2n) is 4.12. The summed E-state index contributed by atoms with van der Waals surface area (Å²) >= 11 is 1.37. The van der Waals surface area contributed by atoms with Crippen LogP contribution in [0.1, 0.15) is 16.6 Å². The van der Waals surface area contributed by atoms with Crippen molar-refractivity contribution in [1.29, 1.82) is 0 Å².